The van der Waals surface area contributed by atoms with Crippen LogP contribution in [0.4, 0.5) is 0 Å². The molecule has 15 heavy (non-hydrogen) atoms. The first-order valence-electron chi connectivity index (χ1n) is 4.04. The Morgan fingerprint density at radius 1 is 1.67 bits per heavy atom. The number of halogens is 1. The van der Waals surface area contributed by atoms with Crippen molar-refractivity contribution in [1.29, 1.82) is 0 Å². The Morgan fingerprint density at radius 2 is 2.27 bits per heavy atom. The lowest BCUT2D eigenvalue weighted by atomic mass is 10.1. The van der Waals surface area contributed by atoms with Gasteiger partial charge >= 0.3 is 0 Å². The highest BCUT2D eigenvalue weighted by atomic mass is 35.5. The lowest BCUT2D eigenvalue weighted by Crippen LogP contribution is -2.37. The summed E-state index contributed by atoms with van der Waals surface area (Å²) in [5.74, 6) is 0. The van der Waals surface area contributed by atoms with Gasteiger partial charge in [-0.05, 0) is 13.8 Å². The summed E-state index contributed by atoms with van der Waals surface area (Å²) in [6.45, 7) is 2.95. The summed E-state index contributed by atoms with van der Waals surface area (Å²) in [5.41, 5.74) is -1.10. The van der Waals surface area contributed by atoms with Gasteiger partial charge in [-0.1, -0.05) is 22.9 Å². The van der Waals surface area contributed by atoms with Crippen molar-refractivity contribution in [3.05, 3.63) is 10.7 Å². The predicted octanol–water partition coefficient (Wildman–Crippen LogP) is 0.846. The molecule has 1 aromatic heterocycles. The zero-order chi connectivity index (χ0) is 11.7. The predicted molar refractivity (Wildman–Crippen MR) is 58.6 cm³/mol. The molecule has 2 N–H and O–H groups in total. The molecule has 1 heterocycles. The van der Waals surface area contributed by atoms with E-state index in [-0.39, 0.29) is 15.2 Å². The van der Waals surface area contributed by atoms with Crippen LogP contribution in [0.3, 0.4) is 0 Å². The lowest BCUT2D eigenvalue weighted by molar-refractivity contribution is 0.0857. The van der Waals surface area contributed by atoms with Crippen LogP contribution in [0.15, 0.2) is 10.4 Å². The van der Waals surface area contributed by atoms with Crippen molar-refractivity contribution in [1.82, 2.24) is 9.71 Å². The van der Waals surface area contributed by atoms with Gasteiger partial charge < -0.3 is 5.11 Å². The largest absolute Gasteiger partial charge is 0.389 e. The quantitative estimate of drug-likeness (QED) is 0.850. The molecule has 0 amide bonds. The molecule has 1 rings (SSSR count). The first-order chi connectivity index (χ1) is 6.71. The van der Waals surface area contributed by atoms with E-state index in [1.807, 2.05) is 0 Å². The molecule has 1 aromatic rings. The highest BCUT2D eigenvalue weighted by Gasteiger charge is 2.21. The number of rotatable bonds is 4. The van der Waals surface area contributed by atoms with Gasteiger partial charge in [-0.25, -0.2) is 18.1 Å². The molecule has 0 unspecified atom stereocenters. The zero-order valence-corrected chi connectivity index (χ0v) is 10.6. The van der Waals surface area contributed by atoms with Crippen LogP contribution in [-0.4, -0.2) is 30.7 Å². The maximum Gasteiger partial charge on any atom is 0.251 e. The molecule has 0 aliphatic carbocycles. The molecule has 8 heteroatoms. The monoisotopic (exact) mass is 270 g/mol. The number of nitrogens with one attached hydrogen (secondary N) is 1. The molecule has 0 saturated carbocycles. The molecule has 86 valence electrons. The van der Waals surface area contributed by atoms with Crippen LogP contribution in [0, 0.1) is 0 Å². The second-order valence-electron chi connectivity index (χ2n) is 3.57. The van der Waals surface area contributed by atoms with Gasteiger partial charge in [0.05, 0.1) is 11.8 Å². The maximum absolute atomic E-state index is 11.6. The van der Waals surface area contributed by atoms with Gasteiger partial charge in [0, 0.05) is 6.54 Å². The van der Waals surface area contributed by atoms with Crippen molar-refractivity contribution < 1.29 is 13.5 Å². The number of sulfonamides is 1. The van der Waals surface area contributed by atoms with Crippen molar-refractivity contribution in [2.75, 3.05) is 6.54 Å². The van der Waals surface area contributed by atoms with Crippen molar-refractivity contribution >= 4 is 33.0 Å². The Labute approximate surface area is 97.2 Å². The Balaban J connectivity index is 2.77. The Morgan fingerprint density at radius 3 is 2.67 bits per heavy atom. The Bertz CT molecular complexity index is 435. The topological polar surface area (TPSA) is 79.3 Å². The molecule has 0 aromatic carbocycles. The summed E-state index contributed by atoms with van der Waals surface area (Å²) in [7, 11) is -3.61. The van der Waals surface area contributed by atoms with Crippen LogP contribution in [0.25, 0.3) is 0 Å². The van der Waals surface area contributed by atoms with E-state index in [1.165, 1.54) is 20.0 Å². The van der Waals surface area contributed by atoms with E-state index in [1.54, 1.807) is 0 Å². The summed E-state index contributed by atoms with van der Waals surface area (Å²) in [6, 6.07) is 0. The third kappa shape index (κ3) is 4.04. The highest BCUT2D eigenvalue weighted by Crippen LogP contribution is 2.22. The van der Waals surface area contributed by atoms with Gasteiger partial charge in [-0.15, -0.1) is 0 Å². The second kappa shape index (κ2) is 4.34. The molecule has 0 atom stereocenters. The van der Waals surface area contributed by atoms with Gasteiger partial charge in [0.25, 0.3) is 10.0 Å². The Hall–Kier alpha value is -0.210. The van der Waals surface area contributed by atoms with Crippen LogP contribution in [-0.2, 0) is 10.0 Å². The number of aliphatic hydroxyl groups is 1. The van der Waals surface area contributed by atoms with Crippen molar-refractivity contribution in [3.63, 3.8) is 0 Å². The zero-order valence-electron chi connectivity index (χ0n) is 8.19. The molecular formula is C7H11ClN2O3S2. The first-order valence-corrected chi connectivity index (χ1v) is 6.72. The van der Waals surface area contributed by atoms with Gasteiger partial charge in [0.1, 0.15) is 0 Å². The van der Waals surface area contributed by atoms with E-state index in [0.29, 0.717) is 0 Å². The SMILES string of the molecule is CC(C)(O)CNS(=O)(=O)c1cnc(Cl)s1. The van der Waals surface area contributed by atoms with Crippen LogP contribution < -0.4 is 4.72 Å². The summed E-state index contributed by atoms with van der Waals surface area (Å²) < 4.78 is 25.6. The fourth-order valence-corrected chi connectivity index (χ4v) is 3.25. The average molecular weight is 271 g/mol. The fraction of sp³-hybridized carbons (Fsp3) is 0.571. The van der Waals surface area contributed by atoms with E-state index in [0.717, 1.165) is 11.3 Å². The first kappa shape index (κ1) is 12.9. The normalized spacial score (nSPS) is 13.1. The minimum absolute atomic E-state index is 0.0387. The highest BCUT2D eigenvalue weighted by molar-refractivity contribution is 7.91. The van der Waals surface area contributed by atoms with E-state index in [9.17, 15) is 13.5 Å². The van der Waals surface area contributed by atoms with Crippen molar-refractivity contribution in [3.8, 4) is 0 Å². The number of nitrogens with zero attached hydrogens (tertiary/aromatic N) is 1. The number of thiazole rings is 1. The molecule has 0 aliphatic rings. The van der Waals surface area contributed by atoms with E-state index in [2.05, 4.69) is 9.71 Å². The van der Waals surface area contributed by atoms with Crippen LogP contribution >= 0.6 is 22.9 Å². The molecule has 0 spiro atoms. The number of hydrogen-bond donors (Lipinski definition) is 2. The minimum atomic E-state index is -3.61. The van der Waals surface area contributed by atoms with Gasteiger partial charge in [-0.2, -0.15) is 0 Å². The van der Waals surface area contributed by atoms with E-state index >= 15 is 0 Å². The average Bonchev–Trinajstić information content (AvgIpc) is 2.48. The summed E-state index contributed by atoms with van der Waals surface area (Å²) in [5, 5.41) is 9.37. The van der Waals surface area contributed by atoms with Gasteiger partial charge in [0.15, 0.2) is 8.68 Å². The fourth-order valence-electron chi connectivity index (χ4n) is 0.706. The standard InChI is InChI=1S/C7H11ClN2O3S2/c1-7(2,11)4-10-15(12,13)5-3-9-6(8)14-5/h3,10-11H,4H2,1-2H3. The molecule has 0 aliphatic heterocycles. The third-order valence-corrected chi connectivity index (χ3v) is 4.39. The van der Waals surface area contributed by atoms with Gasteiger partial charge in [-0.3, -0.25) is 0 Å². The number of aromatic nitrogens is 1. The summed E-state index contributed by atoms with van der Waals surface area (Å²) in [6.07, 6.45) is 1.18. The van der Waals surface area contributed by atoms with Crippen LogP contribution in [0.5, 0.6) is 0 Å². The number of hydrogen-bond acceptors (Lipinski definition) is 5. The molecule has 5 nitrogen and oxygen atoms in total. The Kier molecular flexibility index (Phi) is 3.72. The molecule has 0 fully saturated rings. The molecular weight excluding hydrogens is 260 g/mol. The lowest BCUT2D eigenvalue weighted by Gasteiger charge is -2.16. The van der Waals surface area contributed by atoms with Crippen LogP contribution in [0.2, 0.25) is 4.47 Å². The maximum atomic E-state index is 11.6. The minimum Gasteiger partial charge on any atom is -0.389 e. The molecule has 0 bridgehead atoms. The smallest absolute Gasteiger partial charge is 0.251 e. The van der Waals surface area contributed by atoms with E-state index in [4.69, 9.17) is 11.6 Å². The van der Waals surface area contributed by atoms with Crippen LogP contribution in [0.1, 0.15) is 13.8 Å². The van der Waals surface area contributed by atoms with Crippen molar-refractivity contribution in [2.45, 2.75) is 23.7 Å². The van der Waals surface area contributed by atoms with Crippen molar-refractivity contribution in [2.24, 2.45) is 0 Å². The third-order valence-electron chi connectivity index (χ3n) is 1.42. The molecule has 0 saturated heterocycles. The second-order valence-corrected chi connectivity index (χ2v) is 7.18. The summed E-state index contributed by atoms with van der Waals surface area (Å²) >= 11 is 6.39. The summed E-state index contributed by atoms with van der Waals surface area (Å²) in [4.78, 5) is 3.63. The van der Waals surface area contributed by atoms with E-state index < -0.39 is 15.6 Å². The molecule has 0 radical (unpaired) electrons. The van der Waals surface area contributed by atoms with Gasteiger partial charge in [0.2, 0.25) is 0 Å².